The van der Waals surface area contributed by atoms with Gasteiger partial charge in [-0.1, -0.05) is 18.2 Å². The molecule has 2 nitrogen and oxygen atoms in total. The van der Waals surface area contributed by atoms with Crippen molar-refractivity contribution in [2.45, 2.75) is 6.92 Å². The first-order valence-electron chi connectivity index (χ1n) is 2.82. The zero-order valence-corrected chi connectivity index (χ0v) is 7.02. The predicted molar refractivity (Wildman–Crippen MR) is 46.1 cm³/mol. The number of nitrogens with zero attached hydrogens (tertiary/aromatic N) is 2. The fraction of sp³-hybridized carbons (Fsp3) is 0.286. The van der Waals surface area contributed by atoms with Crippen molar-refractivity contribution in [2.24, 2.45) is 4.99 Å². The number of hydrogen-bond donors (Lipinski definition) is 0. The molecule has 0 amide bonds. The summed E-state index contributed by atoms with van der Waals surface area (Å²) < 4.78 is 0. The maximum absolute atomic E-state index is 5.65. The molecular weight excluding hydrogens is 148 g/mol. The molecule has 0 aromatic carbocycles. The fourth-order valence-electron chi connectivity index (χ4n) is 0.397. The third-order valence-electron chi connectivity index (χ3n) is 1.24. The van der Waals surface area contributed by atoms with Crippen LogP contribution < -0.4 is 0 Å². The average molecular weight is 159 g/mol. The highest BCUT2D eigenvalue weighted by atomic mass is 35.5. The molecule has 0 saturated carbocycles. The van der Waals surface area contributed by atoms with Crippen molar-refractivity contribution < 1.29 is 0 Å². The van der Waals surface area contributed by atoms with Crippen LogP contribution in [0, 0.1) is 0 Å². The molecule has 0 radical (unpaired) electrons. The zero-order chi connectivity index (χ0) is 8.15. The summed E-state index contributed by atoms with van der Waals surface area (Å²) in [6.07, 6.45) is 1.66. The Kier molecular flexibility index (Phi) is 3.81. The summed E-state index contributed by atoms with van der Waals surface area (Å²) in [7, 11) is 1.84. The van der Waals surface area contributed by atoms with Crippen LogP contribution in [0.25, 0.3) is 0 Å². The van der Waals surface area contributed by atoms with Gasteiger partial charge in [-0.3, -0.25) is 4.99 Å². The van der Waals surface area contributed by atoms with Gasteiger partial charge in [-0.2, -0.15) is 0 Å². The first-order chi connectivity index (χ1) is 4.63. The van der Waals surface area contributed by atoms with Crippen LogP contribution >= 0.6 is 11.6 Å². The molecule has 0 rings (SSSR count). The summed E-state index contributed by atoms with van der Waals surface area (Å²) in [6.45, 7) is 8.71. The fourth-order valence-corrected chi connectivity index (χ4v) is 0.530. The molecular formula is C7H11ClN2. The second kappa shape index (κ2) is 4.12. The van der Waals surface area contributed by atoms with Gasteiger partial charge in [-0.25, -0.2) is 0 Å². The van der Waals surface area contributed by atoms with E-state index in [-0.39, 0.29) is 0 Å². The second-order valence-corrected chi connectivity index (χ2v) is 2.19. The number of hydrogen-bond acceptors (Lipinski definition) is 2. The number of aliphatic imine (C=N–C) groups is 1. The van der Waals surface area contributed by atoms with E-state index in [0.29, 0.717) is 5.16 Å². The zero-order valence-electron chi connectivity index (χ0n) is 6.26. The van der Waals surface area contributed by atoms with Crippen LogP contribution in [0.2, 0.25) is 0 Å². The van der Waals surface area contributed by atoms with E-state index < -0.39 is 0 Å². The van der Waals surface area contributed by atoms with Crippen LogP contribution in [-0.2, 0) is 0 Å². The lowest BCUT2D eigenvalue weighted by atomic mass is 10.5. The highest BCUT2D eigenvalue weighted by molar-refractivity contribution is 6.29. The molecule has 0 atom stereocenters. The van der Waals surface area contributed by atoms with Crippen LogP contribution in [0.5, 0.6) is 0 Å². The Hall–Kier alpha value is -0.760. The summed E-state index contributed by atoms with van der Waals surface area (Å²) in [5.41, 5.74) is 0.840. The molecule has 0 aliphatic rings. The number of rotatable bonds is 3. The maximum atomic E-state index is 5.65. The van der Waals surface area contributed by atoms with E-state index in [4.69, 9.17) is 11.6 Å². The van der Waals surface area contributed by atoms with Gasteiger partial charge in [-0.15, -0.1) is 0 Å². The number of halogens is 1. The second-order valence-electron chi connectivity index (χ2n) is 1.83. The van der Waals surface area contributed by atoms with E-state index in [0.717, 1.165) is 5.70 Å². The minimum Gasteiger partial charge on any atom is -0.353 e. The van der Waals surface area contributed by atoms with E-state index in [2.05, 4.69) is 18.3 Å². The van der Waals surface area contributed by atoms with Gasteiger partial charge in [-0.05, 0) is 19.8 Å². The molecule has 0 aromatic heterocycles. The van der Waals surface area contributed by atoms with Gasteiger partial charge in [0.25, 0.3) is 0 Å². The Balaban J connectivity index is 4.43. The molecule has 10 heavy (non-hydrogen) atoms. The normalized spacial score (nSPS) is 11.9. The Labute approximate surface area is 66.5 Å². The molecule has 0 N–H and O–H groups in total. The van der Waals surface area contributed by atoms with E-state index in [9.17, 15) is 0 Å². The average Bonchev–Trinajstić information content (AvgIpc) is 2.00. The van der Waals surface area contributed by atoms with E-state index >= 15 is 0 Å². The van der Waals surface area contributed by atoms with Gasteiger partial charge in [0, 0.05) is 7.05 Å². The van der Waals surface area contributed by atoms with Crippen molar-refractivity contribution in [1.29, 1.82) is 0 Å². The van der Waals surface area contributed by atoms with Gasteiger partial charge in [0.15, 0.2) is 0 Å². The Bertz CT molecular complexity index is 172. The Morgan fingerprint density at radius 2 is 2.20 bits per heavy atom. The lowest BCUT2D eigenvalue weighted by Gasteiger charge is -2.13. The number of allylic oxidation sites excluding steroid dienone is 1. The summed E-state index contributed by atoms with van der Waals surface area (Å²) in [6, 6.07) is 0. The monoisotopic (exact) mass is 158 g/mol. The van der Waals surface area contributed by atoms with Crippen LogP contribution in [0.4, 0.5) is 0 Å². The molecule has 0 saturated heterocycles. The first kappa shape index (κ1) is 9.24. The maximum Gasteiger partial charge on any atom is 0.147 e. The van der Waals surface area contributed by atoms with Gasteiger partial charge >= 0.3 is 0 Å². The molecule has 56 valence electrons. The molecule has 3 heteroatoms. The van der Waals surface area contributed by atoms with Gasteiger partial charge in [0.05, 0.1) is 5.70 Å². The van der Waals surface area contributed by atoms with E-state index in [1.165, 1.54) is 0 Å². The van der Waals surface area contributed by atoms with Crippen molar-refractivity contribution in [3.63, 3.8) is 0 Å². The summed E-state index contributed by atoms with van der Waals surface area (Å²) >= 11 is 5.65. The summed E-state index contributed by atoms with van der Waals surface area (Å²) in [4.78, 5) is 5.34. The van der Waals surface area contributed by atoms with Crippen molar-refractivity contribution in [3.05, 3.63) is 23.6 Å². The van der Waals surface area contributed by atoms with Crippen LogP contribution in [-0.4, -0.2) is 18.7 Å². The molecule has 0 bridgehead atoms. The van der Waals surface area contributed by atoms with E-state index in [1.54, 1.807) is 11.1 Å². The van der Waals surface area contributed by atoms with Gasteiger partial charge in [0.1, 0.15) is 5.16 Å². The molecule has 0 aliphatic carbocycles. The van der Waals surface area contributed by atoms with Crippen LogP contribution in [0.15, 0.2) is 28.6 Å². The van der Waals surface area contributed by atoms with Gasteiger partial charge in [0.2, 0.25) is 0 Å². The topological polar surface area (TPSA) is 15.6 Å². The minimum absolute atomic E-state index is 0.405. The highest BCUT2D eigenvalue weighted by Crippen LogP contribution is 2.12. The molecule has 0 spiro atoms. The van der Waals surface area contributed by atoms with Crippen molar-refractivity contribution in [2.75, 3.05) is 7.05 Å². The third-order valence-corrected chi connectivity index (χ3v) is 1.63. The van der Waals surface area contributed by atoms with Crippen molar-refractivity contribution >= 4 is 18.3 Å². The summed E-state index contributed by atoms with van der Waals surface area (Å²) in [5, 5.41) is 0.405. The van der Waals surface area contributed by atoms with E-state index in [1.807, 2.05) is 14.0 Å². The molecule has 0 aromatic rings. The minimum atomic E-state index is 0.405. The first-order valence-corrected chi connectivity index (χ1v) is 3.19. The largest absolute Gasteiger partial charge is 0.353 e. The molecule has 0 aliphatic heterocycles. The van der Waals surface area contributed by atoms with Crippen LogP contribution in [0.1, 0.15) is 6.92 Å². The van der Waals surface area contributed by atoms with Crippen LogP contribution in [0.3, 0.4) is 0 Å². The lowest BCUT2D eigenvalue weighted by Crippen LogP contribution is -2.07. The lowest BCUT2D eigenvalue weighted by molar-refractivity contribution is 0.568. The molecule has 0 fully saturated rings. The standard InChI is InChI=1S/C7H11ClN2/c1-5-10(4)6(2)7(8)9-3/h5H,1,3H2,2,4H3/b7-6+. The van der Waals surface area contributed by atoms with Crippen molar-refractivity contribution in [3.8, 4) is 0 Å². The van der Waals surface area contributed by atoms with Crippen molar-refractivity contribution in [1.82, 2.24) is 4.90 Å². The smallest absolute Gasteiger partial charge is 0.147 e. The Morgan fingerprint density at radius 1 is 1.70 bits per heavy atom. The highest BCUT2D eigenvalue weighted by Gasteiger charge is 1.98. The third kappa shape index (κ3) is 2.23. The molecule has 0 heterocycles. The molecule has 0 unspecified atom stereocenters. The quantitative estimate of drug-likeness (QED) is 0.454. The summed E-state index contributed by atoms with van der Waals surface area (Å²) in [5.74, 6) is 0. The Morgan fingerprint density at radius 3 is 2.50 bits per heavy atom. The SMILES string of the molecule is C=CN(C)/C(C)=C(\Cl)N=C. The van der Waals surface area contributed by atoms with Gasteiger partial charge < -0.3 is 4.90 Å². The predicted octanol–water partition coefficient (Wildman–Crippen LogP) is 2.19.